The summed E-state index contributed by atoms with van der Waals surface area (Å²) in [5.41, 5.74) is 2.21. The van der Waals surface area contributed by atoms with Gasteiger partial charge in [-0.25, -0.2) is 9.37 Å². The van der Waals surface area contributed by atoms with Crippen LogP contribution < -0.4 is 5.32 Å². The number of aromatic amines is 1. The van der Waals surface area contributed by atoms with Crippen molar-refractivity contribution >= 4 is 29.1 Å². The largest absolute Gasteiger partial charge is 0.339 e. The smallest absolute Gasteiger partial charge is 0.256 e. The first-order valence-electron chi connectivity index (χ1n) is 9.97. The fourth-order valence-corrected chi connectivity index (χ4v) is 3.97. The number of nitrogens with one attached hydrogen (secondary N) is 2. The van der Waals surface area contributed by atoms with E-state index in [2.05, 4.69) is 20.5 Å². The molecule has 1 aromatic carbocycles. The Hall–Kier alpha value is -2.93. The summed E-state index contributed by atoms with van der Waals surface area (Å²) in [5.74, 6) is 1.01. The summed E-state index contributed by atoms with van der Waals surface area (Å²) in [6, 6.07) is 10.5. The summed E-state index contributed by atoms with van der Waals surface area (Å²) in [5, 5.41) is 10.2. The third-order valence-electron chi connectivity index (χ3n) is 5.39. The number of piperidine rings is 1. The number of likely N-dealkylation sites (tertiary alicyclic amines) is 1. The van der Waals surface area contributed by atoms with Gasteiger partial charge in [-0.3, -0.25) is 9.89 Å². The number of hydrogen-bond acceptors (Lipinski definition) is 4. The van der Waals surface area contributed by atoms with Gasteiger partial charge in [-0.15, -0.1) is 0 Å². The van der Waals surface area contributed by atoms with Crippen molar-refractivity contribution in [1.82, 2.24) is 20.1 Å². The van der Waals surface area contributed by atoms with Crippen molar-refractivity contribution in [2.24, 2.45) is 5.92 Å². The van der Waals surface area contributed by atoms with Crippen LogP contribution in [0.1, 0.15) is 34.5 Å². The number of hydrogen-bond donors (Lipinski definition) is 2. The van der Waals surface area contributed by atoms with E-state index in [1.54, 1.807) is 17.2 Å². The van der Waals surface area contributed by atoms with Gasteiger partial charge in [0, 0.05) is 31.0 Å². The maximum Gasteiger partial charge on any atom is 0.256 e. The normalized spacial score (nSPS) is 14.7. The van der Waals surface area contributed by atoms with Crippen LogP contribution in [0.2, 0.25) is 5.02 Å². The van der Waals surface area contributed by atoms with E-state index < -0.39 is 5.82 Å². The molecule has 0 atom stereocenters. The fraction of sp³-hybridized carbons (Fsp3) is 0.318. The molecule has 1 aliphatic heterocycles. The molecule has 0 spiro atoms. The van der Waals surface area contributed by atoms with Crippen LogP contribution in [0.4, 0.5) is 16.0 Å². The first-order valence-corrected chi connectivity index (χ1v) is 10.3. The van der Waals surface area contributed by atoms with Gasteiger partial charge in [0.2, 0.25) is 0 Å². The van der Waals surface area contributed by atoms with Crippen molar-refractivity contribution in [2.75, 3.05) is 18.4 Å². The summed E-state index contributed by atoms with van der Waals surface area (Å²) < 4.78 is 14.2. The Morgan fingerprint density at radius 3 is 2.80 bits per heavy atom. The molecule has 0 unspecified atom stereocenters. The van der Waals surface area contributed by atoms with Gasteiger partial charge in [0.25, 0.3) is 5.91 Å². The lowest BCUT2D eigenvalue weighted by Gasteiger charge is -2.32. The van der Waals surface area contributed by atoms with Crippen LogP contribution >= 0.6 is 11.6 Å². The van der Waals surface area contributed by atoms with E-state index >= 15 is 0 Å². The van der Waals surface area contributed by atoms with Crippen LogP contribution in [0.3, 0.4) is 0 Å². The van der Waals surface area contributed by atoms with Crippen LogP contribution in [-0.2, 0) is 6.42 Å². The molecule has 2 aromatic heterocycles. The number of anilines is 2. The number of pyridine rings is 1. The van der Waals surface area contributed by atoms with Crippen LogP contribution in [0.5, 0.6) is 0 Å². The number of nitrogens with zero attached hydrogens (tertiary/aromatic N) is 3. The van der Waals surface area contributed by atoms with Gasteiger partial charge in [-0.2, -0.15) is 5.10 Å². The second kappa shape index (κ2) is 8.83. The van der Waals surface area contributed by atoms with Crippen molar-refractivity contribution in [3.8, 4) is 0 Å². The number of rotatable bonds is 5. The number of carbonyl (C=O) groups excluding carboxylic acids is 1. The predicted molar refractivity (Wildman–Crippen MR) is 115 cm³/mol. The van der Waals surface area contributed by atoms with Gasteiger partial charge in [-0.05, 0) is 61.9 Å². The molecule has 4 rings (SSSR count). The van der Waals surface area contributed by atoms with Crippen molar-refractivity contribution in [3.63, 3.8) is 0 Å². The van der Waals surface area contributed by atoms with Crippen molar-refractivity contribution in [2.45, 2.75) is 26.2 Å². The Morgan fingerprint density at radius 1 is 1.27 bits per heavy atom. The van der Waals surface area contributed by atoms with E-state index in [9.17, 15) is 9.18 Å². The second-order valence-corrected chi connectivity index (χ2v) is 8.06. The summed E-state index contributed by atoms with van der Waals surface area (Å²) in [4.78, 5) is 18.7. The lowest BCUT2D eigenvalue weighted by atomic mass is 9.90. The lowest BCUT2D eigenvalue weighted by molar-refractivity contribution is 0.0686. The quantitative estimate of drug-likeness (QED) is 0.616. The van der Waals surface area contributed by atoms with Gasteiger partial charge in [0.1, 0.15) is 5.82 Å². The lowest BCUT2D eigenvalue weighted by Crippen LogP contribution is -2.39. The average Bonchev–Trinajstić information content (AvgIpc) is 3.15. The molecule has 1 aliphatic rings. The molecule has 30 heavy (non-hydrogen) atoms. The maximum atomic E-state index is 14.2. The fourth-order valence-electron chi connectivity index (χ4n) is 3.80. The molecule has 8 heteroatoms. The minimum absolute atomic E-state index is 0.0252. The highest BCUT2D eigenvalue weighted by atomic mass is 35.5. The molecule has 0 bridgehead atoms. The SMILES string of the molecule is Cc1cc(Nc2cc(CC3CCN(C(=O)c4cccc(Cl)c4F)CC3)ccn2)n[nH]1. The zero-order valence-electron chi connectivity index (χ0n) is 16.7. The number of amides is 1. The van der Waals surface area contributed by atoms with Crippen molar-refractivity contribution in [3.05, 3.63) is 70.3 Å². The molecule has 156 valence electrons. The van der Waals surface area contributed by atoms with E-state index in [0.29, 0.717) is 19.0 Å². The Balaban J connectivity index is 1.34. The van der Waals surface area contributed by atoms with Gasteiger partial charge in [0.05, 0.1) is 10.6 Å². The van der Waals surface area contributed by atoms with E-state index in [1.807, 2.05) is 25.1 Å². The standard InChI is InChI=1S/C22H23ClFN5O/c1-14-11-20(28-27-14)26-19-13-16(5-8-25-19)12-15-6-9-29(10-7-15)22(30)17-3-2-4-18(23)21(17)24/h2-5,8,11,13,15H,6-7,9-10,12H2,1H3,(H2,25,26,27,28). The summed E-state index contributed by atoms with van der Waals surface area (Å²) in [6.07, 6.45) is 4.44. The maximum absolute atomic E-state index is 14.2. The molecule has 1 amide bonds. The minimum atomic E-state index is -0.643. The van der Waals surface area contributed by atoms with Crippen LogP contribution in [0.15, 0.2) is 42.6 Å². The number of benzene rings is 1. The first-order chi connectivity index (χ1) is 14.5. The Bertz CT molecular complexity index is 1050. The molecule has 2 N–H and O–H groups in total. The molecule has 1 saturated heterocycles. The van der Waals surface area contributed by atoms with Gasteiger partial charge < -0.3 is 10.2 Å². The van der Waals surface area contributed by atoms with Gasteiger partial charge >= 0.3 is 0 Å². The molecule has 3 heterocycles. The minimum Gasteiger partial charge on any atom is -0.339 e. The summed E-state index contributed by atoms with van der Waals surface area (Å²) >= 11 is 5.81. The number of halogens is 2. The Morgan fingerprint density at radius 2 is 2.07 bits per heavy atom. The number of aromatic nitrogens is 3. The van der Waals surface area contributed by atoms with E-state index in [1.165, 1.54) is 17.7 Å². The third kappa shape index (κ3) is 4.62. The third-order valence-corrected chi connectivity index (χ3v) is 5.69. The molecular formula is C22H23ClFN5O. The van der Waals surface area contributed by atoms with Gasteiger partial charge in [0.15, 0.2) is 11.6 Å². The zero-order chi connectivity index (χ0) is 21.1. The van der Waals surface area contributed by atoms with E-state index in [4.69, 9.17) is 11.6 Å². The summed E-state index contributed by atoms with van der Waals surface area (Å²) in [6.45, 7) is 3.16. The Labute approximate surface area is 179 Å². The van der Waals surface area contributed by atoms with Crippen LogP contribution in [0.25, 0.3) is 0 Å². The molecule has 1 fully saturated rings. The summed E-state index contributed by atoms with van der Waals surface area (Å²) in [7, 11) is 0. The number of carbonyl (C=O) groups is 1. The van der Waals surface area contributed by atoms with Crippen LogP contribution in [-0.4, -0.2) is 39.1 Å². The zero-order valence-corrected chi connectivity index (χ0v) is 17.4. The highest BCUT2D eigenvalue weighted by Crippen LogP contribution is 2.26. The van der Waals surface area contributed by atoms with Gasteiger partial charge in [-0.1, -0.05) is 17.7 Å². The van der Waals surface area contributed by atoms with E-state index in [0.717, 1.165) is 36.6 Å². The van der Waals surface area contributed by atoms with Crippen molar-refractivity contribution < 1.29 is 9.18 Å². The molecular weight excluding hydrogens is 405 g/mol. The number of aryl methyl sites for hydroxylation is 1. The highest BCUT2D eigenvalue weighted by molar-refractivity contribution is 6.31. The number of H-pyrrole nitrogens is 1. The van der Waals surface area contributed by atoms with E-state index in [-0.39, 0.29) is 16.5 Å². The second-order valence-electron chi connectivity index (χ2n) is 7.65. The molecule has 3 aromatic rings. The first kappa shape index (κ1) is 20.3. The monoisotopic (exact) mass is 427 g/mol. The molecule has 6 nitrogen and oxygen atoms in total. The molecule has 0 saturated carbocycles. The molecule has 0 radical (unpaired) electrons. The van der Waals surface area contributed by atoms with Crippen molar-refractivity contribution in [1.29, 1.82) is 0 Å². The average molecular weight is 428 g/mol. The van der Waals surface area contributed by atoms with Crippen LogP contribution in [0, 0.1) is 18.7 Å². The topological polar surface area (TPSA) is 73.9 Å². The highest BCUT2D eigenvalue weighted by Gasteiger charge is 2.26. The molecule has 0 aliphatic carbocycles. The Kier molecular flexibility index (Phi) is 5.99. The predicted octanol–water partition coefficient (Wildman–Crippen LogP) is 4.74.